The van der Waals surface area contributed by atoms with Gasteiger partial charge in [0.2, 0.25) is 5.88 Å². The number of aromatic nitrogens is 2. The number of benzene rings is 1. The van der Waals surface area contributed by atoms with E-state index in [1.807, 2.05) is 24.3 Å². The number of nitrogens with zero attached hydrogens (tertiary/aromatic N) is 2. The quantitative estimate of drug-likeness (QED) is 0.754. The van der Waals surface area contributed by atoms with Gasteiger partial charge < -0.3 is 9.47 Å². The molecule has 0 saturated carbocycles. The standard InChI is InChI=1S/C15H17ClN2O2/c1-3-5-13-14(16)17-10-18-15(13)20-12-7-4-6-11(8-12)9-19-2/h4,6-8,10H,3,5,9H2,1-2H3. The fourth-order valence-electron chi connectivity index (χ4n) is 1.90. The summed E-state index contributed by atoms with van der Waals surface area (Å²) in [6, 6.07) is 7.71. The third kappa shape index (κ3) is 3.68. The number of ether oxygens (including phenoxy) is 2. The van der Waals surface area contributed by atoms with Gasteiger partial charge in [-0.25, -0.2) is 9.97 Å². The second kappa shape index (κ2) is 7.22. The van der Waals surface area contributed by atoms with E-state index >= 15 is 0 Å². The van der Waals surface area contributed by atoms with Gasteiger partial charge in [0.05, 0.1) is 12.2 Å². The highest BCUT2D eigenvalue weighted by Crippen LogP contribution is 2.28. The Morgan fingerprint density at radius 1 is 1.25 bits per heavy atom. The number of halogens is 1. The minimum Gasteiger partial charge on any atom is -0.439 e. The van der Waals surface area contributed by atoms with Crippen LogP contribution >= 0.6 is 11.6 Å². The molecule has 0 atom stereocenters. The van der Waals surface area contributed by atoms with Gasteiger partial charge in [-0.3, -0.25) is 0 Å². The van der Waals surface area contributed by atoms with Crippen LogP contribution in [-0.2, 0) is 17.8 Å². The molecule has 4 nitrogen and oxygen atoms in total. The molecular weight excluding hydrogens is 276 g/mol. The lowest BCUT2D eigenvalue weighted by molar-refractivity contribution is 0.184. The van der Waals surface area contributed by atoms with Crippen LogP contribution in [0.5, 0.6) is 11.6 Å². The molecule has 0 bridgehead atoms. The summed E-state index contributed by atoms with van der Waals surface area (Å²) >= 11 is 6.10. The van der Waals surface area contributed by atoms with E-state index < -0.39 is 0 Å². The number of hydrogen-bond donors (Lipinski definition) is 0. The van der Waals surface area contributed by atoms with Gasteiger partial charge in [0.15, 0.2) is 0 Å². The van der Waals surface area contributed by atoms with Gasteiger partial charge in [-0.05, 0) is 24.1 Å². The normalized spacial score (nSPS) is 10.6. The molecule has 0 N–H and O–H groups in total. The van der Waals surface area contributed by atoms with E-state index in [1.165, 1.54) is 6.33 Å². The van der Waals surface area contributed by atoms with Crippen LogP contribution in [0.1, 0.15) is 24.5 Å². The van der Waals surface area contributed by atoms with Gasteiger partial charge in [0.25, 0.3) is 0 Å². The average molecular weight is 293 g/mol. The van der Waals surface area contributed by atoms with E-state index in [2.05, 4.69) is 16.9 Å². The molecule has 106 valence electrons. The maximum Gasteiger partial charge on any atom is 0.227 e. The summed E-state index contributed by atoms with van der Waals surface area (Å²) in [6.07, 6.45) is 3.15. The first-order valence-corrected chi connectivity index (χ1v) is 6.87. The summed E-state index contributed by atoms with van der Waals surface area (Å²) in [5.74, 6) is 1.23. The molecule has 20 heavy (non-hydrogen) atoms. The smallest absolute Gasteiger partial charge is 0.227 e. The Labute approximate surface area is 123 Å². The van der Waals surface area contributed by atoms with Crippen molar-refractivity contribution >= 4 is 11.6 Å². The molecule has 0 spiro atoms. The van der Waals surface area contributed by atoms with Crippen molar-refractivity contribution in [2.24, 2.45) is 0 Å². The van der Waals surface area contributed by atoms with Crippen LogP contribution in [0.4, 0.5) is 0 Å². The van der Waals surface area contributed by atoms with Gasteiger partial charge in [-0.1, -0.05) is 37.1 Å². The van der Waals surface area contributed by atoms with Crippen molar-refractivity contribution in [3.8, 4) is 11.6 Å². The summed E-state index contributed by atoms with van der Waals surface area (Å²) in [6.45, 7) is 2.62. The second-order valence-corrected chi connectivity index (χ2v) is 4.74. The second-order valence-electron chi connectivity index (χ2n) is 4.38. The maximum absolute atomic E-state index is 6.10. The lowest BCUT2D eigenvalue weighted by Crippen LogP contribution is -1.98. The zero-order valence-corrected chi connectivity index (χ0v) is 12.4. The van der Waals surface area contributed by atoms with Crippen LogP contribution in [0, 0.1) is 0 Å². The third-order valence-electron chi connectivity index (χ3n) is 2.78. The number of hydrogen-bond acceptors (Lipinski definition) is 4. The maximum atomic E-state index is 6.10. The molecule has 0 saturated heterocycles. The van der Waals surface area contributed by atoms with E-state index in [-0.39, 0.29) is 0 Å². The highest BCUT2D eigenvalue weighted by Gasteiger charge is 2.11. The minimum absolute atomic E-state index is 0.449. The molecule has 1 aromatic carbocycles. The topological polar surface area (TPSA) is 44.2 Å². The van der Waals surface area contributed by atoms with Crippen LogP contribution < -0.4 is 4.74 Å². The molecule has 0 aliphatic rings. The monoisotopic (exact) mass is 292 g/mol. The molecule has 2 rings (SSSR count). The average Bonchev–Trinajstić information content (AvgIpc) is 2.44. The molecule has 1 heterocycles. The fraction of sp³-hybridized carbons (Fsp3) is 0.333. The van der Waals surface area contributed by atoms with Crippen molar-refractivity contribution in [3.63, 3.8) is 0 Å². The lowest BCUT2D eigenvalue weighted by atomic mass is 10.2. The number of methoxy groups -OCH3 is 1. The first kappa shape index (κ1) is 14.8. The van der Waals surface area contributed by atoms with Crippen LogP contribution in [0.3, 0.4) is 0 Å². The van der Waals surface area contributed by atoms with Gasteiger partial charge in [-0.2, -0.15) is 0 Å². The van der Waals surface area contributed by atoms with Crippen molar-refractivity contribution in [2.45, 2.75) is 26.4 Å². The molecule has 5 heteroatoms. The Balaban J connectivity index is 2.25. The van der Waals surface area contributed by atoms with E-state index in [0.29, 0.717) is 23.4 Å². The van der Waals surface area contributed by atoms with Crippen LogP contribution in [0.15, 0.2) is 30.6 Å². The summed E-state index contributed by atoms with van der Waals surface area (Å²) in [5.41, 5.74) is 1.89. The van der Waals surface area contributed by atoms with Crippen molar-refractivity contribution in [3.05, 3.63) is 46.9 Å². The Bertz CT molecular complexity index is 576. The summed E-state index contributed by atoms with van der Waals surface area (Å²) in [5, 5.41) is 0.449. The van der Waals surface area contributed by atoms with Gasteiger partial charge >= 0.3 is 0 Å². The van der Waals surface area contributed by atoms with E-state index in [0.717, 1.165) is 24.0 Å². The SMILES string of the molecule is CCCc1c(Cl)ncnc1Oc1cccc(COC)c1. The lowest BCUT2D eigenvalue weighted by Gasteiger charge is -2.11. The highest BCUT2D eigenvalue weighted by atomic mass is 35.5. The van der Waals surface area contributed by atoms with Crippen molar-refractivity contribution in [1.82, 2.24) is 9.97 Å². The summed E-state index contributed by atoms with van der Waals surface area (Å²) in [7, 11) is 1.66. The first-order valence-electron chi connectivity index (χ1n) is 6.49. The first-order chi connectivity index (χ1) is 9.74. The largest absolute Gasteiger partial charge is 0.439 e. The minimum atomic E-state index is 0.449. The predicted molar refractivity (Wildman–Crippen MR) is 78.3 cm³/mol. The zero-order chi connectivity index (χ0) is 14.4. The third-order valence-corrected chi connectivity index (χ3v) is 3.10. The van der Waals surface area contributed by atoms with Crippen molar-refractivity contribution in [1.29, 1.82) is 0 Å². The summed E-state index contributed by atoms with van der Waals surface area (Å²) < 4.78 is 11.0. The van der Waals surface area contributed by atoms with Gasteiger partial charge in [0, 0.05) is 7.11 Å². The molecule has 0 amide bonds. The van der Waals surface area contributed by atoms with E-state index in [4.69, 9.17) is 21.1 Å². The Morgan fingerprint density at radius 2 is 2.10 bits per heavy atom. The molecular formula is C15H17ClN2O2. The highest BCUT2D eigenvalue weighted by molar-refractivity contribution is 6.30. The van der Waals surface area contributed by atoms with E-state index in [9.17, 15) is 0 Å². The Morgan fingerprint density at radius 3 is 2.85 bits per heavy atom. The molecule has 0 unspecified atom stereocenters. The van der Waals surface area contributed by atoms with Crippen LogP contribution in [-0.4, -0.2) is 17.1 Å². The number of rotatable bonds is 6. The molecule has 0 aliphatic heterocycles. The Kier molecular flexibility index (Phi) is 5.32. The van der Waals surface area contributed by atoms with E-state index in [1.54, 1.807) is 7.11 Å². The van der Waals surface area contributed by atoms with Crippen molar-refractivity contribution < 1.29 is 9.47 Å². The fourth-order valence-corrected chi connectivity index (χ4v) is 2.12. The Hall–Kier alpha value is -1.65. The zero-order valence-electron chi connectivity index (χ0n) is 11.6. The molecule has 0 radical (unpaired) electrons. The summed E-state index contributed by atoms with van der Waals surface area (Å²) in [4.78, 5) is 8.18. The molecule has 1 aromatic heterocycles. The van der Waals surface area contributed by atoms with Crippen LogP contribution in [0.2, 0.25) is 5.15 Å². The predicted octanol–water partition coefficient (Wildman–Crippen LogP) is 4.02. The van der Waals surface area contributed by atoms with Gasteiger partial charge in [-0.15, -0.1) is 0 Å². The molecule has 0 fully saturated rings. The van der Waals surface area contributed by atoms with Crippen molar-refractivity contribution in [2.75, 3.05) is 7.11 Å². The van der Waals surface area contributed by atoms with Crippen LogP contribution in [0.25, 0.3) is 0 Å². The van der Waals surface area contributed by atoms with Gasteiger partial charge in [0.1, 0.15) is 17.2 Å². The molecule has 0 aliphatic carbocycles. The molecule has 2 aromatic rings.